The Kier molecular flexibility index (Phi) is 4.86. The minimum absolute atomic E-state index is 0.107. The molecule has 1 aliphatic carbocycles. The molecule has 6 heteroatoms. The predicted molar refractivity (Wildman–Crippen MR) is 79.6 cm³/mol. The Labute approximate surface area is 133 Å². The van der Waals surface area contributed by atoms with Crippen molar-refractivity contribution in [3.8, 4) is 0 Å². The van der Waals surface area contributed by atoms with Gasteiger partial charge >= 0.3 is 0 Å². The summed E-state index contributed by atoms with van der Waals surface area (Å²) in [6, 6.07) is 3.81. The smallest absolute Gasteiger partial charge is 0.228 e. The number of carboxylic acid groups (broad SMARTS) is 1. The molecule has 0 unspecified atom stereocenters. The first-order valence-corrected chi connectivity index (χ1v) is 7.29. The zero-order chi connectivity index (χ0) is 16.4. The van der Waals surface area contributed by atoms with E-state index >= 15 is 0 Å². The van der Waals surface area contributed by atoms with E-state index in [1.165, 1.54) is 12.1 Å². The molecule has 0 aliphatic heterocycles. The Balaban J connectivity index is 2.19. The molecule has 2 rings (SSSR count). The minimum Gasteiger partial charge on any atom is -0.550 e. The third kappa shape index (κ3) is 3.47. The van der Waals surface area contributed by atoms with E-state index in [1.54, 1.807) is 0 Å². The fourth-order valence-corrected chi connectivity index (χ4v) is 2.81. The van der Waals surface area contributed by atoms with Crippen LogP contribution in [0.5, 0.6) is 0 Å². The molecule has 1 aromatic rings. The highest BCUT2D eigenvalue weighted by atomic mass is 35.5. The van der Waals surface area contributed by atoms with Gasteiger partial charge in [-0.15, -0.1) is 0 Å². The van der Waals surface area contributed by atoms with Gasteiger partial charge in [-0.1, -0.05) is 22.7 Å². The number of allylic oxidation sites excluding steroid dienone is 2. The van der Waals surface area contributed by atoms with Gasteiger partial charge in [0, 0.05) is 17.6 Å². The summed E-state index contributed by atoms with van der Waals surface area (Å²) >= 11 is 5.67. The first-order chi connectivity index (χ1) is 10.3. The standard InChI is InChI=1S/C16H17ClFNO3/c1-8-5-11(12(16(21)22)6-9(8)2)15(20)19-10-3-4-14(18)13(17)7-10/h3-4,7,11-12H,5-6H2,1-2H3,(H,19,20)(H,21,22)/p-1/t11-,12-/m0/s1. The molecule has 0 bridgehead atoms. The summed E-state index contributed by atoms with van der Waals surface area (Å²) in [6.07, 6.45) is 0.668. The molecular formula is C16H16ClFNO3-. The normalized spacial score (nSPS) is 21.6. The Morgan fingerprint density at radius 2 is 1.82 bits per heavy atom. The van der Waals surface area contributed by atoms with Crippen LogP contribution in [0, 0.1) is 17.7 Å². The van der Waals surface area contributed by atoms with Gasteiger partial charge in [-0.2, -0.15) is 0 Å². The highest BCUT2D eigenvalue weighted by Crippen LogP contribution is 2.34. The van der Waals surface area contributed by atoms with Crippen molar-refractivity contribution in [3.63, 3.8) is 0 Å². The van der Waals surface area contributed by atoms with E-state index in [0.717, 1.165) is 17.2 Å². The molecule has 118 valence electrons. The summed E-state index contributed by atoms with van der Waals surface area (Å²) < 4.78 is 13.1. The molecule has 1 aliphatic rings. The van der Waals surface area contributed by atoms with Crippen LogP contribution in [-0.4, -0.2) is 11.9 Å². The van der Waals surface area contributed by atoms with Crippen LogP contribution in [0.4, 0.5) is 10.1 Å². The maximum Gasteiger partial charge on any atom is 0.228 e. The molecule has 1 amide bonds. The van der Waals surface area contributed by atoms with E-state index in [2.05, 4.69) is 5.32 Å². The fourth-order valence-electron chi connectivity index (χ4n) is 2.62. The number of anilines is 1. The fraction of sp³-hybridized carbons (Fsp3) is 0.375. The van der Waals surface area contributed by atoms with Gasteiger partial charge < -0.3 is 15.2 Å². The molecule has 1 aromatic carbocycles. The second kappa shape index (κ2) is 6.48. The van der Waals surface area contributed by atoms with Crippen molar-refractivity contribution in [1.29, 1.82) is 0 Å². The Morgan fingerprint density at radius 1 is 1.23 bits per heavy atom. The second-order valence-corrected chi connectivity index (χ2v) is 6.03. The van der Waals surface area contributed by atoms with Crippen molar-refractivity contribution >= 4 is 29.2 Å². The lowest BCUT2D eigenvalue weighted by Crippen LogP contribution is -2.42. The number of nitrogens with one attached hydrogen (secondary N) is 1. The number of rotatable bonds is 3. The minimum atomic E-state index is -1.23. The number of aliphatic carboxylic acids is 1. The summed E-state index contributed by atoms with van der Waals surface area (Å²) in [5, 5.41) is 13.8. The zero-order valence-corrected chi connectivity index (χ0v) is 13.0. The van der Waals surface area contributed by atoms with Crippen molar-refractivity contribution in [2.45, 2.75) is 26.7 Å². The third-order valence-electron chi connectivity index (χ3n) is 4.09. The molecule has 2 atom stereocenters. The van der Waals surface area contributed by atoms with E-state index in [1.807, 2.05) is 13.8 Å². The molecule has 0 heterocycles. The number of halogens is 2. The van der Waals surface area contributed by atoms with Gasteiger partial charge in [-0.3, -0.25) is 4.79 Å². The predicted octanol–water partition coefficient (Wildman–Crippen LogP) is 2.53. The van der Waals surface area contributed by atoms with Crippen LogP contribution >= 0.6 is 11.6 Å². The van der Waals surface area contributed by atoms with Gasteiger partial charge in [0.05, 0.1) is 10.9 Å². The van der Waals surface area contributed by atoms with Gasteiger partial charge in [-0.05, 0) is 44.9 Å². The first kappa shape index (κ1) is 16.5. The number of carbonyl (C=O) groups is 2. The summed E-state index contributed by atoms with van der Waals surface area (Å²) in [5.41, 5.74) is 2.32. The first-order valence-electron chi connectivity index (χ1n) is 6.91. The molecule has 22 heavy (non-hydrogen) atoms. The number of carboxylic acids is 1. The van der Waals surface area contributed by atoms with Crippen molar-refractivity contribution in [3.05, 3.63) is 40.2 Å². The molecule has 0 aromatic heterocycles. The van der Waals surface area contributed by atoms with E-state index < -0.39 is 29.5 Å². The third-order valence-corrected chi connectivity index (χ3v) is 4.38. The number of hydrogen-bond donors (Lipinski definition) is 1. The largest absolute Gasteiger partial charge is 0.550 e. The number of amides is 1. The van der Waals surface area contributed by atoms with Gasteiger partial charge in [0.2, 0.25) is 5.91 Å². The lowest BCUT2D eigenvalue weighted by atomic mass is 9.76. The highest BCUT2D eigenvalue weighted by Gasteiger charge is 2.33. The average molecular weight is 325 g/mol. The van der Waals surface area contributed by atoms with E-state index in [0.29, 0.717) is 18.5 Å². The van der Waals surface area contributed by atoms with Crippen molar-refractivity contribution in [2.75, 3.05) is 5.32 Å². The lowest BCUT2D eigenvalue weighted by molar-refractivity contribution is -0.313. The summed E-state index contributed by atoms with van der Waals surface area (Å²) in [6.45, 7) is 3.75. The maximum atomic E-state index is 13.1. The van der Waals surface area contributed by atoms with Crippen LogP contribution in [0.1, 0.15) is 26.7 Å². The zero-order valence-electron chi connectivity index (χ0n) is 12.3. The average Bonchev–Trinajstić information content (AvgIpc) is 2.45. The van der Waals surface area contributed by atoms with Crippen molar-refractivity contribution in [2.24, 2.45) is 11.8 Å². The Bertz CT molecular complexity index is 657. The molecule has 0 saturated heterocycles. The van der Waals surface area contributed by atoms with Crippen LogP contribution in [0.3, 0.4) is 0 Å². The quantitative estimate of drug-likeness (QED) is 0.869. The van der Waals surface area contributed by atoms with E-state index in [-0.39, 0.29) is 5.02 Å². The summed E-state index contributed by atoms with van der Waals surface area (Å²) in [4.78, 5) is 23.7. The molecule has 0 saturated carbocycles. The van der Waals surface area contributed by atoms with Crippen LogP contribution in [0.15, 0.2) is 29.3 Å². The molecule has 4 nitrogen and oxygen atoms in total. The number of carbonyl (C=O) groups excluding carboxylic acids is 2. The molecule has 0 radical (unpaired) electrons. The monoisotopic (exact) mass is 324 g/mol. The molecule has 0 spiro atoms. The molecule has 1 N–H and O–H groups in total. The van der Waals surface area contributed by atoms with E-state index in [9.17, 15) is 19.1 Å². The van der Waals surface area contributed by atoms with Gasteiger partial charge in [0.15, 0.2) is 0 Å². The van der Waals surface area contributed by atoms with E-state index in [4.69, 9.17) is 11.6 Å². The number of benzene rings is 1. The summed E-state index contributed by atoms with van der Waals surface area (Å²) in [5.74, 6) is -3.82. The SMILES string of the molecule is CC1=C(C)C[C@H](C(=O)Nc2ccc(F)c(Cl)c2)[C@@H](C(=O)[O-])C1. The highest BCUT2D eigenvalue weighted by molar-refractivity contribution is 6.31. The lowest BCUT2D eigenvalue weighted by Gasteiger charge is -2.32. The van der Waals surface area contributed by atoms with Gasteiger partial charge in [0.1, 0.15) is 5.82 Å². The summed E-state index contributed by atoms with van der Waals surface area (Å²) in [7, 11) is 0. The van der Waals surface area contributed by atoms with Crippen LogP contribution < -0.4 is 10.4 Å². The molecular weight excluding hydrogens is 309 g/mol. The maximum absolute atomic E-state index is 13.1. The van der Waals surface area contributed by atoms with Crippen LogP contribution in [0.2, 0.25) is 5.02 Å². The van der Waals surface area contributed by atoms with Crippen molar-refractivity contribution in [1.82, 2.24) is 0 Å². The molecule has 0 fully saturated rings. The Morgan fingerprint density at radius 3 is 2.36 bits per heavy atom. The number of hydrogen-bond acceptors (Lipinski definition) is 3. The second-order valence-electron chi connectivity index (χ2n) is 5.62. The topological polar surface area (TPSA) is 69.2 Å². The van der Waals surface area contributed by atoms with Crippen molar-refractivity contribution < 1.29 is 19.1 Å². The van der Waals surface area contributed by atoms with Crippen LogP contribution in [-0.2, 0) is 9.59 Å². The van der Waals surface area contributed by atoms with Gasteiger partial charge in [-0.25, -0.2) is 4.39 Å². The van der Waals surface area contributed by atoms with Crippen LogP contribution in [0.25, 0.3) is 0 Å². The van der Waals surface area contributed by atoms with Gasteiger partial charge in [0.25, 0.3) is 0 Å². The Hall–Kier alpha value is -1.88.